The fourth-order valence-electron chi connectivity index (χ4n) is 1.26. The molecule has 0 aliphatic rings. The zero-order valence-corrected chi connectivity index (χ0v) is 11.2. The van der Waals surface area contributed by atoms with Crippen molar-refractivity contribution in [3.8, 4) is 0 Å². The first kappa shape index (κ1) is 13.9. The van der Waals surface area contributed by atoms with Gasteiger partial charge in [0.15, 0.2) is 0 Å². The summed E-state index contributed by atoms with van der Waals surface area (Å²) in [4.78, 5) is 9.84. The molecule has 5 nitrogen and oxygen atoms in total. The second-order valence-electron chi connectivity index (χ2n) is 4.66. The van der Waals surface area contributed by atoms with E-state index < -0.39 is 19.4 Å². The number of nitro benzene ring substituents is 1. The monoisotopic (exact) mass is 277 g/mol. The molecular weight excluding hydrogens is 266 g/mol. The van der Waals surface area contributed by atoms with Crippen molar-refractivity contribution in [2.75, 3.05) is 0 Å². The highest BCUT2D eigenvalue weighted by Crippen LogP contribution is 2.30. The maximum Gasteiger partial charge on any atom is 0.271 e. The first-order chi connectivity index (χ1) is 7.51. The Balaban J connectivity index is 3.56. The van der Waals surface area contributed by atoms with Crippen LogP contribution in [0.15, 0.2) is 23.1 Å². The lowest BCUT2D eigenvalue weighted by atomic mass is 9.87. The zero-order chi connectivity index (χ0) is 13.4. The normalized spacial score (nSPS) is 12.5. The molecule has 1 rings (SSSR count). The molecule has 0 aliphatic heterocycles. The van der Waals surface area contributed by atoms with Crippen LogP contribution >= 0.6 is 10.7 Å². The summed E-state index contributed by atoms with van der Waals surface area (Å²) in [7, 11) is 1.23. The third kappa shape index (κ3) is 3.41. The standard InChI is InChI=1S/C10H12ClNO4S/c1-10(2,3)7-4-8(12(13)14)6-9(5-7)17(11,15)16/h4-6H,1-3H3. The van der Waals surface area contributed by atoms with Gasteiger partial charge in [-0.1, -0.05) is 20.8 Å². The van der Waals surface area contributed by atoms with Gasteiger partial charge in [0.25, 0.3) is 14.7 Å². The Kier molecular flexibility index (Phi) is 3.50. The second-order valence-corrected chi connectivity index (χ2v) is 7.23. The summed E-state index contributed by atoms with van der Waals surface area (Å²) in [6.45, 7) is 5.49. The van der Waals surface area contributed by atoms with Crippen molar-refractivity contribution in [1.29, 1.82) is 0 Å². The van der Waals surface area contributed by atoms with Gasteiger partial charge in [0.1, 0.15) is 0 Å². The predicted molar refractivity (Wildman–Crippen MR) is 64.8 cm³/mol. The molecule has 0 amide bonds. The molecular formula is C10H12ClNO4S. The Bertz CT molecular complexity index is 560. The van der Waals surface area contributed by atoms with E-state index in [1.807, 2.05) is 20.8 Å². The maximum atomic E-state index is 11.2. The Morgan fingerprint density at radius 1 is 1.24 bits per heavy atom. The molecule has 0 aliphatic carbocycles. The van der Waals surface area contributed by atoms with E-state index in [9.17, 15) is 18.5 Å². The first-order valence-electron chi connectivity index (χ1n) is 4.76. The lowest BCUT2D eigenvalue weighted by Crippen LogP contribution is -2.12. The van der Waals surface area contributed by atoms with Crippen LogP contribution in [0.2, 0.25) is 0 Å². The van der Waals surface area contributed by atoms with Crippen molar-refractivity contribution in [3.63, 3.8) is 0 Å². The van der Waals surface area contributed by atoms with Crippen molar-refractivity contribution < 1.29 is 13.3 Å². The van der Waals surface area contributed by atoms with E-state index in [-0.39, 0.29) is 10.6 Å². The summed E-state index contributed by atoms with van der Waals surface area (Å²) >= 11 is 0. The Morgan fingerprint density at radius 3 is 2.12 bits per heavy atom. The Hall–Kier alpha value is -1.14. The minimum atomic E-state index is -3.97. The van der Waals surface area contributed by atoms with Gasteiger partial charge < -0.3 is 0 Å². The fraction of sp³-hybridized carbons (Fsp3) is 0.400. The minimum absolute atomic E-state index is 0.252. The van der Waals surface area contributed by atoms with E-state index in [1.54, 1.807) is 0 Å². The quantitative estimate of drug-likeness (QED) is 0.473. The van der Waals surface area contributed by atoms with E-state index >= 15 is 0 Å². The van der Waals surface area contributed by atoms with E-state index in [0.29, 0.717) is 5.56 Å². The summed E-state index contributed by atoms with van der Waals surface area (Å²) in [6, 6.07) is 3.67. The van der Waals surface area contributed by atoms with Crippen molar-refractivity contribution in [3.05, 3.63) is 33.9 Å². The SMILES string of the molecule is CC(C)(C)c1cc([N+](=O)[O-])cc(S(=O)(=O)Cl)c1. The van der Waals surface area contributed by atoms with E-state index in [1.165, 1.54) is 12.1 Å². The van der Waals surface area contributed by atoms with Crippen LogP contribution in [0.4, 0.5) is 5.69 Å². The summed E-state index contributed by atoms with van der Waals surface area (Å²) in [5.74, 6) is 0. The van der Waals surface area contributed by atoms with Crippen LogP contribution in [0.5, 0.6) is 0 Å². The fourth-order valence-corrected chi connectivity index (χ4v) is 2.06. The molecule has 0 radical (unpaired) electrons. The predicted octanol–water partition coefficient (Wildman–Crippen LogP) is 2.82. The molecule has 7 heteroatoms. The third-order valence-corrected chi connectivity index (χ3v) is 3.58. The van der Waals surface area contributed by atoms with Crippen LogP contribution in [0.3, 0.4) is 0 Å². The number of nitrogens with zero attached hydrogens (tertiary/aromatic N) is 1. The van der Waals surface area contributed by atoms with E-state index in [0.717, 1.165) is 6.07 Å². The average Bonchev–Trinajstić information content (AvgIpc) is 2.14. The van der Waals surface area contributed by atoms with E-state index in [4.69, 9.17) is 10.7 Å². The second kappa shape index (κ2) is 4.27. The lowest BCUT2D eigenvalue weighted by molar-refractivity contribution is -0.385. The molecule has 1 aromatic rings. The number of nitro groups is 1. The van der Waals surface area contributed by atoms with Crippen molar-refractivity contribution >= 4 is 25.4 Å². The topological polar surface area (TPSA) is 77.3 Å². The number of halogens is 1. The van der Waals surface area contributed by atoms with Gasteiger partial charge in [-0.25, -0.2) is 8.42 Å². The molecule has 17 heavy (non-hydrogen) atoms. The van der Waals surface area contributed by atoms with Gasteiger partial charge in [-0.2, -0.15) is 0 Å². The zero-order valence-electron chi connectivity index (χ0n) is 9.60. The molecule has 0 spiro atoms. The van der Waals surface area contributed by atoms with Crippen LogP contribution in [-0.2, 0) is 14.5 Å². The number of benzene rings is 1. The Labute approximate surface area is 104 Å². The largest absolute Gasteiger partial charge is 0.271 e. The van der Waals surface area contributed by atoms with Crippen LogP contribution in [0.25, 0.3) is 0 Å². The highest BCUT2D eigenvalue weighted by Gasteiger charge is 2.22. The van der Waals surface area contributed by atoms with Crippen molar-refractivity contribution in [2.45, 2.75) is 31.1 Å². The van der Waals surface area contributed by atoms with Gasteiger partial charge in [0, 0.05) is 22.8 Å². The van der Waals surface area contributed by atoms with Crippen LogP contribution in [-0.4, -0.2) is 13.3 Å². The molecule has 0 atom stereocenters. The number of rotatable bonds is 2. The van der Waals surface area contributed by atoms with Gasteiger partial charge in [-0.3, -0.25) is 10.1 Å². The van der Waals surface area contributed by atoms with Crippen molar-refractivity contribution in [2.24, 2.45) is 0 Å². The van der Waals surface area contributed by atoms with Gasteiger partial charge in [-0.15, -0.1) is 0 Å². The number of hydrogen-bond donors (Lipinski definition) is 0. The first-order valence-corrected chi connectivity index (χ1v) is 7.07. The Morgan fingerprint density at radius 2 is 1.76 bits per heavy atom. The smallest absolute Gasteiger partial charge is 0.258 e. The summed E-state index contributed by atoms with van der Waals surface area (Å²) in [6.07, 6.45) is 0. The van der Waals surface area contributed by atoms with Gasteiger partial charge >= 0.3 is 0 Å². The molecule has 0 saturated carbocycles. The van der Waals surface area contributed by atoms with Gasteiger partial charge in [-0.05, 0) is 17.0 Å². The molecule has 0 bridgehead atoms. The maximum absolute atomic E-state index is 11.2. The van der Waals surface area contributed by atoms with Crippen LogP contribution < -0.4 is 0 Å². The highest BCUT2D eigenvalue weighted by molar-refractivity contribution is 8.13. The molecule has 0 fully saturated rings. The average molecular weight is 278 g/mol. The van der Waals surface area contributed by atoms with Gasteiger partial charge in [0.2, 0.25) is 0 Å². The van der Waals surface area contributed by atoms with Crippen LogP contribution in [0.1, 0.15) is 26.3 Å². The summed E-state index contributed by atoms with van der Waals surface area (Å²) < 4.78 is 22.5. The molecule has 0 unspecified atom stereocenters. The third-order valence-electron chi connectivity index (χ3n) is 2.25. The molecule has 0 aromatic heterocycles. The lowest BCUT2D eigenvalue weighted by Gasteiger charge is -2.19. The number of non-ortho nitro benzene ring substituents is 1. The number of hydrogen-bond acceptors (Lipinski definition) is 4. The molecule has 94 valence electrons. The van der Waals surface area contributed by atoms with Gasteiger partial charge in [0.05, 0.1) is 9.82 Å². The molecule has 0 N–H and O–H groups in total. The summed E-state index contributed by atoms with van der Waals surface area (Å²) in [5, 5.41) is 10.7. The molecule has 0 heterocycles. The van der Waals surface area contributed by atoms with Crippen LogP contribution in [0, 0.1) is 10.1 Å². The summed E-state index contributed by atoms with van der Waals surface area (Å²) in [5.41, 5.74) is -0.134. The molecule has 0 saturated heterocycles. The van der Waals surface area contributed by atoms with Crippen molar-refractivity contribution in [1.82, 2.24) is 0 Å². The minimum Gasteiger partial charge on any atom is -0.258 e. The van der Waals surface area contributed by atoms with E-state index in [2.05, 4.69) is 0 Å². The molecule has 1 aromatic carbocycles. The highest BCUT2D eigenvalue weighted by atomic mass is 35.7.